The zero-order valence-electron chi connectivity index (χ0n) is 35.1. The molecule has 0 aliphatic rings. The lowest BCUT2D eigenvalue weighted by Gasteiger charge is -2.27. The Bertz CT molecular complexity index is 3660. The second kappa shape index (κ2) is 15.8. The first-order valence-corrected chi connectivity index (χ1v) is 22.0. The quantitative estimate of drug-likeness (QED) is 0.148. The van der Waals surface area contributed by atoms with Crippen molar-refractivity contribution < 1.29 is 0 Å². The minimum Gasteiger partial charge on any atom is -0.310 e. The van der Waals surface area contributed by atoms with Crippen LogP contribution in [0.2, 0.25) is 0 Å². The molecule has 64 heavy (non-hydrogen) atoms. The Morgan fingerprint density at radius 2 is 0.828 bits per heavy atom. The van der Waals surface area contributed by atoms with Crippen LogP contribution >= 0.6 is 0 Å². The highest BCUT2D eigenvalue weighted by Crippen LogP contribution is 2.44. The Kier molecular flexibility index (Phi) is 9.20. The van der Waals surface area contributed by atoms with Gasteiger partial charge in [-0.05, 0) is 127 Å². The number of nitrogens with zero attached hydrogens (tertiary/aromatic N) is 2. The number of para-hydroxylation sites is 2. The molecule has 0 saturated carbocycles. The van der Waals surface area contributed by atoms with Crippen LogP contribution in [-0.4, -0.2) is 4.57 Å². The van der Waals surface area contributed by atoms with Crippen molar-refractivity contribution in [3.8, 4) is 50.2 Å². The zero-order valence-corrected chi connectivity index (χ0v) is 35.1. The van der Waals surface area contributed by atoms with Crippen LogP contribution in [0.15, 0.2) is 255 Å². The Balaban J connectivity index is 1.01. The normalized spacial score (nSPS) is 11.4. The maximum Gasteiger partial charge on any atom is 0.0547 e. The fourth-order valence-electron chi connectivity index (χ4n) is 9.66. The number of aromatic nitrogens is 1. The third-order valence-electron chi connectivity index (χ3n) is 12.7. The van der Waals surface area contributed by atoms with Crippen molar-refractivity contribution in [2.24, 2.45) is 0 Å². The summed E-state index contributed by atoms with van der Waals surface area (Å²) in [5, 5.41) is 7.47. The average molecular weight is 815 g/mol. The zero-order chi connectivity index (χ0) is 42.4. The van der Waals surface area contributed by atoms with Crippen molar-refractivity contribution in [2.75, 3.05) is 4.90 Å². The Morgan fingerprint density at radius 3 is 1.62 bits per heavy atom. The molecule has 12 aromatic rings. The van der Waals surface area contributed by atoms with E-state index in [2.05, 4.69) is 264 Å². The van der Waals surface area contributed by atoms with Gasteiger partial charge in [0.05, 0.1) is 16.7 Å². The molecule has 0 atom stereocenters. The van der Waals surface area contributed by atoms with E-state index >= 15 is 0 Å². The highest BCUT2D eigenvalue weighted by molar-refractivity contribution is 6.14. The van der Waals surface area contributed by atoms with Gasteiger partial charge in [0, 0.05) is 33.4 Å². The van der Waals surface area contributed by atoms with Gasteiger partial charge in [-0.3, -0.25) is 0 Å². The van der Waals surface area contributed by atoms with E-state index in [4.69, 9.17) is 0 Å². The first-order chi connectivity index (χ1) is 31.7. The summed E-state index contributed by atoms with van der Waals surface area (Å²) in [4.78, 5) is 2.40. The van der Waals surface area contributed by atoms with Gasteiger partial charge in [0.1, 0.15) is 0 Å². The average Bonchev–Trinajstić information content (AvgIpc) is 3.69. The molecule has 0 bridgehead atoms. The summed E-state index contributed by atoms with van der Waals surface area (Å²) in [5.41, 5.74) is 16.2. The van der Waals surface area contributed by atoms with Crippen LogP contribution in [0.1, 0.15) is 0 Å². The van der Waals surface area contributed by atoms with Crippen LogP contribution in [0.4, 0.5) is 17.1 Å². The predicted molar refractivity (Wildman–Crippen MR) is 272 cm³/mol. The van der Waals surface area contributed by atoms with E-state index in [1.807, 2.05) is 0 Å². The molecule has 0 spiro atoms. The summed E-state index contributed by atoms with van der Waals surface area (Å²) in [6.45, 7) is 0. The van der Waals surface area contributed by atoms with Crippen molar-refractivity contribution in [3.63, 3.8) is 0 Å². The smallest absolute Gasteiger partial charge is 0.0547 e. The van der Waals surface area contributed by atoms with Gasteiger partial charge in [0.2, 0.25) is 0 Å². The van der Waals surface area contributed by atoms with E-state index in [1.165, 1.54) is 82.3 Å². The van der Waals surface area contributed by atoms with E-state index in [9.17, 15) is 0 Å². The van der Waals surface area contributed by atoms with Crippen LogP contribution in [0.25, 0.3) is 93.5 Å². The third kappa shape index (κ3) is 6.61. The van der Waals surface area contributed by atoms with Gasteiger partial charge in [-0.15, -0.1) is 0 Å². The number of anilines is 3. The standard InChI is InChI=1S/C62H42N2/c1-3-16-43(17-4-1)48-24-15-25-53(39-48)63(54-36-37-55(58(42-54)45-19-5-2-6-20-45)51-31-30-44-18-7-8-21-47(44)38-51)52-34-32-46(33-35-52)56-26-11-13-28-60(56)64-61-29-14-12-27-57(61)59-40-49-22-9-10-23-50(49)41-62(59)64/h1-42H. The minimum absolute atomic E-state index is 1.08. The van der Waals surface area contributed by atoms with E-state index in [1.54, 1.807) is 0 Å². The first kappa shape index (κ1) is 37.3. The molecule has 0 unspecified atom stereocenters. The molecule has 0 radical (unpaired) electrons. The lowest BCUT2D eigenvalue weighted by molar-refractivity contribution is 1.18. The largest absolute Gasteiger partial charge is 0.310 e. The highest BCUT2D eigenvalue weighted by Gasteiger charge is 2.20. The summed E-state index contributed by atoms with van der Waals surface area (Å²) >= 11 is 0. The van der Waals surface area contributed by atoms with E-state index in [0.29, 0.717) is 0 Å². The molecule has 1 aromatic heterocycles. The van der Waals surface area contributed by atoms with Crippen molar-refractivity contribution in [1.82, 2.24) is 4.57 Å². The van der Waals surface area contributed by atoms with Crippen molar-refractivity contribution in [1.29, 1.82) is 0 Å². The van der Waals surface area contributed by atoms with Crippen LogP contribution in [0.5, 0.6) is 0 Å². The second-order valence-corrected chi connectivity index (χ2v) is 16.5. The molecular weight excluding hydrogens is 773 g/mol. The molecule has 0 aliphatic heterocycles. The fourth-order valence-corrected chi connectivity index (χ4v) is 9.66. The van der Waals surface area contributed by atoms with Gasteiger partial charge in [-0.2, -0.15) is 0 Å². The number of hydrogen-bond acceptors (Lipinski definition) is 1. The number of hydrogen-bond donors (Lipinski definition) is 0. The highest BCUT2D eigenvalue weighted by atomic mass is 15.1. The molecule has 0 saturated heterocycles. The molecule has 11 aromatic carbocycles. The topological polar surface area (TPSA) is 8.17 Å². The Hall–Kier alpha value is -8.46. The molecule has 1 heterocycles. The summed E-state index contributed by atoms with van der Waals surface area (Å²) in [6, 6.07) is 92.8. The first-order valence-electron chi connectivity index (χ1n) is 22.0. The molecule has 0 amide bonds. The third-order valence-corrected chi connectivity index (χ3v) is 12.7. The van der Waals surface area contributed by atoms with Crippen molar-refractivity contribution >= 4 is 60.4 Å². The molecule has 300 valence electrons. The lowest BCUT2D eigenvalue weighted by Crippen LogP contribution is -2.10. The Morgan fingerprint density at radius 1 is 0.250 bits per heavy atom. The fraction of sp³-hybridized carbons (Fsp3) is 0. The molecule has 2 heteroatoms. The van der Waals surface area contributed by atoms with Gasteiger partial charge in [0.25, 0.3) is 0 Å². The van der Waals surface area contributed by atoms with Gasteiger partial charge < -0.3 is 9.47 Å². The summed E-state index contributed by atoms with van der Waals surface area (Å²) in [6.07, 6.45) is 0. The van der Waals surface area contributed by atoms with Crippen LogP contribution < -0.4 is 4.90 Å². The van der Waals surface area contributed by atoms with Gasteiger partial charge in [-0.25, -0.2) is 0 Å². The van der Waals surface area contributed by atoms with E-state index < -0.39 is 0 Å². The molecular formula is C62H42N2. The monoisotopic (exact) mass is 814 g/mol. The van der Waals surface area contributed by atoms with E-state index in [0.717, 1.165) is 28.3 Å². The van der Waals surface area contributed by atoms with Gasteiger partial charge in [-0.1, -0.05) is 188 Å². The Labute approximate surface area is 373 Å². The van der Waals surface area contributed by atoms with E-state index in [-0.39, 0.29) is 0 Å². The number of fused-ring (bicyclic) bond motifs is 5. The minimum atomic E-state index is 1.08. The lowest BCUT2D eigenvalue weighted by atomic mass is 9.92. The molecule has 0 fully saturated rings. The van der Waals surface area contributed by atoms with Gasteiger partial charge in [0.15, 0.2) is 0 Å². The summed E-state index contributed by atoms with van der Waals surface area (Å²) in [7, 11) is 0. The van der Waals surface area contributed by atoms with Crippen molar-refractivity contribution in [2.45, 2.75) is 0 Å². The molecule has 12 rings (SSSR count). The number of rotatable bonds is 8. The van der Waals surface area contributed by atoms with Crippen LogP contribution in [0.3, 0.4) is 0 Å². The second-order valence-electron chi connectivity index (χ2n) is 16.5. The summed E-state index contributed by atoms with van der Waals surface area (Å²) in [5.74, 6) is 0. The SMILES string of the molecule is c1ccc(-c2cccc(N(c3ccc(-c4ccccc4-n4c5ccccc5c5cc6ccccc6cc54)cc3)c3ccc(-c4ccc5ccccc5c4)c(-c4ccccc4)c3)c2)cc1. The van der Waals surface area contributed by atoms with Crippen LogP contribution in [-0.2, 0) is 0 Å². The maximum absolute atomic E-state index is 2.45. The predicted octanol–water partition coefficient (Wildman–Crippen LogP) is 17.2. The molecule has 0 N–H and O–H groups in total. The van der Waals surface area contributed by atoms with Crippen LogP contribution in [0, 0.1) is 0 Å². The number of benzene rings is 11. The maximum atomic E-state index is 2.45. The van der Waals surface area contributed by atoms with Crippen molar-refractivity contribution in [3.05, 3.63) is 255 Å². The molecule has 0 aliphatic carbocycles. The summed E-state index contributed by atoms with van der Waals surface area (Å²) < 4.78 is 2.45. The molecule has 2 nitrogen and oxygen atoms in total. The van der Waals surface area contributed by atoms with Gasteiger partial charge >= 0.3 is 0 Å².